The van der Waals surface area contributed by atoms with Crippen molar-refractivity contribution in [3.8, 4) is 11.3 Å². The van der Waals surface area contributed by atoms with E-state index in [1.54, 1.807) is 0 Å². The van der Waals surface area contributed by atoms with Gasteiger partial charge in [-0.1, -0.05) is 32.9 Å². The third-order valence-corrected chi connectivity index (χ3v) is 5.26. The molecule has 0 aliphatic heterocycles. The molecule has 0 radical (unpaired) electrons. The van der Waals surface area contributed by atoms with Gasteiger partial charge in [0, 0.05) is 6.07 Å². The fourth-order valence-electron chi connectivity index (χ4n) is 3.47. The Morgan fingerprint density at radius 3 is 2.24 bits per heavy atom. The van der Waals surface area contributed by atoms with Crippen LogP contribution in [-0.4, -0.2) is 0 Å². The molecular weight excluding hydrogens is 309 g/mol. The Kier molecular flexibility index (Phi) is 4.18. The molecule has 0 atom stereocenters. The van der Waals surface area contributed by atoms with Crippen molar-refractivity contribution in [2.45, 2.75) is 47.0 Å². The first-order valence-corrected chi connectivity index (χ1v) is 8.81. The van der Waals surface area contributed by atoms with Crippen LogP contribution in [0.4, 0.5) is 4.39 Å². The molecule has 1 heterocycles. The van der Waals surface area contributed by atoms with Gasteiger partial charge in [0.2, 0.25) is 5.69 Å². The van der Waals surface area contributed by atoms with E-state index in [9.17, 15) is 4.39 Å². The van der Waals surface area contributed by atoms with Crippen LogP contribution < -0.4 is 4.57 Å². The highest BCUT2D eigenvalue weighted by Crippen LogP contribution is 2.33. The van der Waals surface area contributed by atoms with E-state index < -0.39 is 0 Å². The summed E-state index contributed by atoms with van der Waals surface area (Å²) in [6, 6.07) is 10.8. The van der Waals surface area contributed by atoms with Crippen molar-refractivity contribution in [2.24, 2.45) is 7.05 Å². The molecule has 3 aromatic rings. The van der Waals surface area contributed by atoms with E-state index in [0.29, 0.717) is 5.56 Å². The van der Waals surface area contributed by atoms with E-state index in [0.717, 1.165) is 22.4 Å². The summed E-state index contributed by atoms with van der Waals surface area (Å²) in [4.78, 5) is 0. The number of benzene rings is 2. The van der Waals surface area contributed by atoms with Crippen LogP contribution in [0, 0.1) is 26.6 Å². The molecular formula is C23H27FN+. The second-order valence-corrected chi connectivity index (χ2v) is 8.13. The third-order valence-electron chi connectivity index (χ3n) is 5.26. The van der Waals surface area contributed by atoms with E-state index in [-0.39, 0.29) is 11.2 Å². The summed E-state index contributed by atoms with van der Waals surface area (Å²) in [5, 5.41) is 2.42. The number of aryl methyl sites for hydroxylation is 2. The van der Waals surface area contributed by atoms with Crippen LogP contribution in [0.2, 0.25) is 0 Å². The summed E-state index contributed by atoms with van der Waals surface area (Å²) in [5.41, 5.74) is 6.12. The Morgan fingerprint density at radius 2 is 1.60 bits per heavy atom. The van der Waals surface area contributed by atoms with Crippen molar-refractivity contribution in [3.05, 3.63) is 64.6 Å². The molecule has 0 fully saturated rings. The fraction of sp³-hybridized carbons (Fsp3) is 0.348. The Labute approximate surface area is 150 Å². The smallest absolute Gasteiger partial charge is 0.206 e. The van der Waals surface area contributed by atoms with E-state index in [1.165, 1.54) is 16.3 Å². The molecule has 0 aliphatic carbocycles. The van der Waals surface area contributed by atoms with Crippen LogP contribution in [0.25, 0.3) is 22.0 Å². The van der Waals surface area contributed by atoms with Gasteiger partial charge in [-0.15, -0.1) is 0 Å². The van der Waals surface area contributed by atoms with Gasteiger partial charge in [-0.3, -0.25) is 0 Å². The molecule has 0 unspecified atom stereocenters. The van der Waals surface area contributed by atoms with Gasteiger partial charge in [-0.25, -0.2) is 8.96 Å². The van der Waals surface area contributed by atoms with Gasteiger partial charge in [-0.2, -0.15) is 0 Å². The van der Waals surface area contributed by atoms with Crippen molar-refractivity contribution in [1.29, 1.82) is 0 Å². The number of rotatable bonds is 1. The van der Waals surface area contributed by atoms with E-state index >= 15 is 0 Å². The van der Waals surface area contributed by atoms with Crippen LogP contribution >= 0.6 is 0 Å². The summed E-state index contributed by atoms with van der Waals surface area (Å²) in [7, 11) is 2.06. The first-order chi connectivity index (χ1) is 11.6. The van der Waals surface area contributed by atoms with Gasteiger partial charge in [0.05, 0.1) is 10.9 Å². The minimum absolute atomic E-state index is 0.0980. The maximum absolute atomic E-state index is 14.3. The zero-order chi connectivity index (χ0) is 18.5. The second kappa shape index (κ2) is 5.94. The third kappa shape index (κ3) is 2.95. The zero-order valence-electron chi connectivity index (χ0n) is 16.3. The molecule has 130 valence electrons. The van der Waals surface area contributed by atoms with E-state index in [2.05, 4.69) is 62.8 Å². The minimum atomic E-state index is -0.0980. The van der Waals surface area contributed by atoms with Crippen LogP contribution in [0.1, 0.15) is 43.0 Å². The molecule has 0 aliphatic rings. The largest absolute Gasteiger partial charge is 0.220 e. The van der Waals surface area contributed by atoms with Crippen molar-refractivity contribution in [3.63, 3.8) is 0 Å². The predicted octanol–water partition coefficient (Wildman–Crippen LogP) is 5.69. The summed E-state index contributed by atoms with van der Waals surface area (Å²) >= 11 is 0. The lowest BCUT2D eigenvalue weighted by atomic mass is 9.85. The highest BCUT2D eigenvalue weighted by Gasteiger charge is 2.22. The van der Waals surface area contributed by atoms with Gasteiger partial charge in [-0.05, 0) is 66.0 Å². The second-order valence-electron chi connectivity index (χ2n) is 8.13. The summed E-state index contributed by atoms with van der Waals surface area (Å²) < 4.78 is 16.4. The quantitative estimate of drug-likeness (QED) is 0.502. The number of halogens is 1. The van der Waals surface area contributed by atoms with E-state index in [1.807, 2.05) is 26.8 Å². The Hall–Kier alpha value is -2.22. The summed E-state index contributed by atoms with van der Waals surface area (Å²) in [6.45, 7) is 12.4. The maximum Gasteiger partial charge on any atom is 0.220 e. The van der Waals surface area contributed by atoms with Gasteiger partial charge >= 0.3 is 0 Å². The van der Waals surface area contributed by atoms with Crippen molar-refractivity contribution >= 4 is 10.8 Å². The molecule has 3 rings (SSSR count). The molecule has 0 spiro atoms. The lowest BCUT2D eigenvalue weighted by Crippen LogP contribution is -2.31. The van der Waals surface area contributed by atoms with Gasteiger partial charge in [0.25, 0.3) is 0 Å². The first kappa shape index (κ1) is 17.6. The average molecular weight is 336 g/mol. The lowest BCUT2D eigenvalue weighted by Gasteiger charge is -2.20. The molecule has 0 saturated carbocycles. The van der Waals surface area contributed by atoms with Crippen molar-refractivity contribution in [2.75, 3.05) is 0 Å². The Morgan fingerprint density at radius 1 is 0.920 bits per heavy atom. The Bertz CT molecular complexity index is 978. The highest BCUT2D eigenvalue weighted by molar-refractivity contribution is 5.94. The van der Waals surface area contributed by atoms with Gasteiger partial charge in [0.15, 0.2) is 6.20 Å². The molecule has 2 aromatic carbocycles. The number of aromatic nitrogens is 1. The van der Waals surface area contributed by atoms with Gasteiger partial charge < -0.3 is 0 Å². The van der Waals surface area contributed by atoms with Crippen molar-refractivity contribution < 1.29 is 8.96 Å². The highest BCUT2D eigenvalue weighted by atomic mass is 19.1. The molecule has 0 saturated heterocycles. The number of fused-ring (bicyclic) bond motifs is 1. The number of nitrogens with zero attached hydrogens (tertiary/aromatic N) is 1. The SMILES string of the molecule is Cc1cc(-c2c3ccc(C(C)(C)C)cc3cc[n+]2C)c(C)c(C)c1F. The molecule has 0 bridgehead atoms. The molecule has 0 N–H and O–H groups in total. The van der Waals surface area contributed by atoms with Crippen LogP contribution in [0.15, 0.2) is 36.5 Å². The number of hydrogen-bond acceptors (Lipinski definition) is 0. The van der Waals surface area contributed by atoms with Gasteiger partial charge in [0.1, 0.15) is 12.9 Å². The van der Waals surface area contributed by atoms with Crippen LogP contribution in [0.5, 0.6) is 0 Å². The normalized spacial score (nSPS) is 12.0. The van der Waals surface area contributed by atoms with Crippen LogP contribution in [0.3, 0.4) is 0 Å². The number of hydrogen-bond donors (Lipinski definition) is 0. The lowest BCUT2D eigenvalue weighted by molar-refractivity contribution is -0.659. The van der Waals surface area contributed by atoms with Crippen LogP contribution in [-0.2, 0) is 12.5 Å². The molecule has 1 nitrogen and oxygen atoms in total. The zero-order valence-corrected chi connectivity index (χ0v) is 16.3. The molecule has 2 heteroatoms. The molecule has 0 amide bonds. The maximum atomic E-state index is 14.3. The number of pyridine rings is 1. The summed E-state index contributed by atoms with van der Waals surface area (Å²) in [6.07, 6.45) is 2.09. The molecule has 1 aromatic heterocycles. The summed E-state index contributed by atoms with van der Waals surface area (Å²) in [5.74, 6) is -0.0980. The fourth-order valence-corrected chi connectivity index (χ4v) is 3.47. The molecule has 25 heavy (non-hydrogen) atoms. The average Bonchev–Trinajstić information content (AvgIpc) is 2.55. The predicted molar refractivity (Wildman–Crippen MR) is 103 cm³/mol. The minimum Gasteiger partial charge on any atom is -0.206 e. The standard InChI is InChI=1S/C23H27FN/c1-14-12-20(15(2)16(3)21(14)24)22-19-9-8-18(23(4,5)6)13-17(19)10-11-25(22)7/h8-13H,1-7H3/q+1. The Balaban J connectivity index is 2.36. The first-order valence-electron chi connectivity index (χ1n) is 8.81. The van der Waals surface area contributed by atoms with Crippen molar-refractivity contribution in [1.82, 2.24) is 0 Å². The monoisotopic (exact) mass is 336 g/mol. The topological polar surface area (TPSA) is 3.88 Å². The van der Waals surface area contributed by atoms with E-state index in [4.69, 9.17) is 0 Å².